The maximum absolute atomic E-state index is 5.74. The van der Waals surface area contributed by atoms with Crippen molar-refractivity contribution in [3.8, 4) is 33.8 Å². The van der Waals surface area contributed by atoms with Crippen LogP contribution in [0.3, 0.4) is 0 Å². The molecule has 0 spiro atoms. The highest BCUT2D eigenvalue weighted by Gasteiger charge is 2.28. The second-order valence-corrected chi connectivity index (χ2v) is 11.5. The van der Waals surface area contributed by atoms with Crippen molar-refractivity contribution in [3.63, 3.8) is 0 Å². The number of hydrogen-bond donors (Lipinski definition) is 0. The van der Waals surface area contributed by atoms with Crippen LogP contribution >= 0.6 is 31.9 Å². The summed E-state index contributed by atoms with van der Waals surface area (Å²) in [7, 11) is 2.85. The Labute approximate surface area is 190 Å². The number of fused-ring (bicyclic) bond motifs is 9. The van der Waals surface area contributed by atoms with Gasteiger partial charge >= 0.3 is 0 Å². The minimum atomic E-state index is 0.634. The van der Waals surface area contributed by atoms with Crippen molar-refractivity contribution in [2.75, 3.05) is 13.2 Å². The Bertz CT molecular complexity index is 1510. The van der Waals surface area contributed by atoms with Crippen molar-refractivity contribution in [2.24, 2.45) is 0 Å². The molecule has 2 nitrogen and oxygen atoms in total. The first kappa shape index (κ1) is 18.2. The van der Waals surface area contributed by atoms with Crippen LogP contribution in [0.1, 0.15) is 10.4 Å². The quantitative estimate of drug-likeness (QED) is 0.271. The van der Waals surface area contributed by atoms with E-state index in [0.29, 0.717) is 13.2 Å². The Hall–Kier alpha value is -2.39. The maximum Gasteiger partial charge on any atom is 0.161 e. The first-order valence-corrected chi connectivity index (χ1v) is 12.7. The van der Waals surface area contributed by atoms with E-state index in [1.54, 1.807) is 0 Å². The summed E-state index contributed by atoms with van der Waals surface area (Å²) in [5, 5.41) is 2.81. The molecule has 5 aromatic rings. The number of ether oxygens (including phenoxy) is 2. The lowest BCUT2D eigenvalue weighted by Crippen LogP contribution is -2.15. The molecule has 2 aromatic heterocycles. The van der Waals surface area contributed by atoms with Crippen molar-refractivity contribution in [1.29, 1.82) is 0 Å². The topological polar surface area (TPSA) is 18.5 Å². The number of thiophene rings is 2. The molecule has 0 N–H and O–H groups in total. The average molecular weight is 459 g/mol. The van der Waals surface area contributed by atoms with Crippen molar-refractivity contribution in [1.82, 2.24) is 0 Å². The minimum absolute atomic E-state index is 0.634. The van der Waals surface area contributed by atoms with Gasteiger partial charge < -0.3 is 9.47 Å². The lowest BCUT2D eigenvalue weighted by molar-refractivity contribution is 0.171. The molecule has 5 heteroatoms. The Balaban J connectivity index is 1.21. The molecule has 0 amide bonds. The molecule has 1 unspecified atom stereocenters. The van der Waals surface area contributed by atoms with E-state index in [4.69, 9.17) is 9.47 Å². The molecule has 1 aliphatic heterocycles. The first-order valence-electron chi connectivity index (χ1n) is 10.5. The standard InChI is InChI=1S/C26H19O2PS2/c29-24-13-19-23(31-24)8-5-17-25-16(26(17)19)4-7-22-18(25)12-15(30-22)3-1-14-2-6-20-21(11-14)28-10-9-27-20/h2,4-8,11-13H,1,3,9-10,29H2. The summed E-state index contributed by atoms with van der Waals surface area (Å²) < 4.78 is 15.5. The monoisotopic (exact) mass is 458 g/mol. The maximum atomic E-state index is 5.74. The Morgan fingerprint density at radius 2 is 1.42 bits per heavy atom. The van der Waals surface area contributed by atoms with Gasteiger partial charge in [0.15, 0.2) is 11.5 Å². The van der Waals surface area contributed by atoms with Gasteiger partial charge in [-0.15, -0.1) is 22.7 Å². The van der Waals surface area contributed by atoms with E-state index in [2.05, 4.69) is 57.8 Å². The number of benzene rings is 3. The first-order chi connectivity index (χ1) is 15.2. The molecule has 0 saturated heterocycles. The second kappa shape index (κ2) is 6.80. The molecule has 1 atom stereocenters. The van der Waals surface area contributed by atoms with Gasteiger partial charge in [-0.1, -0.05) is 27.4 Å². The Kier molecular flexibility index (Phi) is 4.00. The molecule has 7 rings (SSSR count). The van der Waals surface area contributed by atoms with Crippen molar-refractivity contribution < 1.29 is 9.47 Å². The molecular formula is C26H19O2PS2. The molecular weight excluding hydrogens is 439 g/mol. The number of aryl methyl sites for hydroxylation is 2. The van der Waals surface area contributed by atoms with E-state index in [-0.39, 0.29) is 0 Å². The second-order valence-electron chi connectivity index (χ2n) is 8.14. The van der Waals surface area contributed by atoms with Crippen molar-refractivity contribution in [3.05, 3.63) is 65.0 Å². The highest BCUT2D eigenvalue weighted by atomic mass is 32.1. The van der Waals surface area contributed by atoms with E-state index in [1.165, 1.54) is 57.5 Å². The fourth-order valence-electron chi connectivity index (χ4n) is 4.86. The van der Waals surface area contributed by atoms with E-state index in [9.17, 15) is 0 Å². The third kappa shape index (κ3) is 2.79. The molecule has 0 fully saturated rings. The normalized spacial score (nSPS) is 13.8. The number of rotatable bonds is 3. The van der Waals surface area contributed by atoms with Gasteiger partial charge in [0.1, 0.15) is 13.2 Å². The predicted octanol–water partition coefficient (Wildman–Crippen LogP) is 6.82. The third-order valence-corrected chi connectivity index (χ3v) is 8.89. The van der Waals surface area contributed by atoms with Crippen LogP contribution < -0.4 is 14.1 Å². The van der Waals surface area contributed by atoms with E-state index < -0.39 is 0 Å². The Morgan fingerprint density at radius 1 is 0.710 bits per heavy atom. The van der Waals surface area contributed by atoms with Crippen LogP contribution in [0.5, 0.6) is 11.5 Å². The summed E-state index contributed by atoms with van der Waals surface area (Å²) in [6.07, 6.45) is 2.05. The van der Waals surface area contributed by atoms with Gasteiger partial charge in [-0.3, -0.25) is 0 Å². The summed E-state index contributed by atoms with van der Waals surface area (Å²) in [4.78, 5) is 1.44. The van der Waals surface area contributed by atoms with Crippen molar-refractivity contribution >= 4 is 56.7 Å². The smallest absolute Gasteiger partial charge is 0.161 e. The summed E-state index contributed by atoms with van der Waals surface area (Å²) in [6, 6.07) is 20.3. The zero-order chi connectivity index (χ0) is 20.5. The molecule has 31 heavy (non-hydrogen) atoms. The lowest BCUT2D eigenvalue weighted by atomic mass is 9.77. The van der Waals surface area contributed by atoms with Gasteiger partial charge in [-0.2, -0.15) is 0 Å². The molecule has 0 bridgehead atoms. The summed E-state index contributed by atoms with van der Waals surface area (Å²) in [5.41, 5.74) is 6.99. The van der Waals surface area contributed by atoms with E-state index in [1.807, 2.05) is 28.7 Å². The molecule has 152 valence electrons. The van der Waals surface area contributed by atoms with Crippen LogP contribution in [0, 0.1) is 0 Å². The average Bonchev–Trinajstić information content (AvgIpc) is 3.35. The van der Waals surface area contributed by atoms with Gasteiger partial charge in [-0.25, -0.2) is 0 Å². The molecule has 3 heterocycles. The highest BCUT2D eigenvalue weighted by molar-refractivity contribution is 7.45. The predicted molar refractivity (Wildman–Crippen MR) is 136 cm³/mol. The van der Waals surface area contributed by atoms with Crippen molar-refractivity contribution in [2.45, 2.75) is 12.8 Å². The van der Waals surface area contributed by atoms with Crippen LogP contribution in [0.25, 0.3) is 42.4 Å². The zero-order valence-electron chi connectivity index (χ0n) is 16.7. The molecule has 2 aliphatic rings. The van der Waals surface area contributed by atoms with Crippen LogP contribution in [0.15, 0.2) is 54.6 Å². The van der Waals surface area contributed by atoms with Gasteiger partial charge in [0, 0.05) is 29.7 Å². The van der Waals surface area contributed by atoms with Gasteiger partial charge in [0.2, 0.25) is 0 Å². The van der Waals surface area contributed by atoms with Gasteiger partial charge in [-0.05, 0) is 77.1 Å². The summed E-state index contributed by atoms with van der Waals surface area (Å²) >= 11 is 3.78. The SMILES string of the molecule is Pc1cc2c3c(ccc2s1)-c1c-3ccc2sc(CCc3ccc4c(c3)OCCO4)cc12. The molecule has 0 radical (unpaired) electrons. The van der Waals surface area contributed by atoms with Gasteiger partial charge in [0.05, 0.1) is 0 Å². The molecule has 1 aliphatic carbocycles. The molecule has 3 aromatic carbocycles. The van der Waals surface area contributed by atoms with E-state index in [0.717, 1.165) is 24.3 Å². The zero-order valence-corrected chi connectivity index (χ0v) is 19.5. The largest absolute Gasteiger partial charge is 0.486 e. The highest BCUT2D eigenvalue weighted by Crippen LogP contribution is 2.55. The van der Waals surface area contributed by atoms with E-state index >= 15 is 0 Å². The fraction of sp³-hybridized carbons (Fsp3) is 0.154. The van der Waals surface area contributed by atoms with Crippen LogP contribution in [0.4, 0.5) is 0 Å². The third-order valence-electron chi connectivity index (χ3n) is 6.28. The fourth-order valence-corrected chi connectivity index (χ4v) is 7.32. The van der Waals surface area contributed by atoms with Crippen LogP contribution in [0.2, 0.25) is 0 Å². The van der Waals surface area contributed by atoms with Crippen LogP contribution in [-0.2, 0) is 12.8 Å². The van der Waals surface area contributed by atoms with Crippen LogP contribution in [-0.4, -0.2) is 13.2 Å². The van der Waals surface area contributed by atoms with Gasteiger partial charge in [0.25, 0.3) is 0 Å². The molecule has 0 saturated carbocycles. The summed E-state index contributed by atoms with van der Waals surface area (Å²) in [6.45, 7) is 1.27. The lowest BCUT2D eigenvalue weighted by Gasteiger charge is -2.25. The summed E-state index contributed by atoms with van der Waals surface area (Å²) in [5.74, 6) is 1.75. The number of hydrogen-bond acceptors (Lipinski definition) is 4. The Morgan fingerprint density at radius 3 is 2.23 bits per heavy atom. The minimum Gasteiger partial charge on any atom is -0.486 e.